The summed E-state index contributed by atoms with van der Waals surface area (Å²) in [5.41, 5.74) is 3.74. The monoisotopic (exact) mass is 630 g/mol. The van der Waals surface area contributed by atoms with Gasteiger partial charge in [-0.15, -0.1) is 0 Å². The standard InChI is InChI=1S/C36H52BrFO3/c1-3-5-7-8-9-10-11-12-26-40-35-25-22-31(27-33(35)37)30-20-16-28(17-21-30)14-15-29-18-23-32(24-19-29)41-36(39)34(38)13-6-4-2/h16-17,20-22,25,27,29,32,34H,3-15,18-19,23-24,26H2,1-2H3/t29?,32?,34-/m0/s1. The Morgan fingerprint density at radius 3 is 2.15 bits per heavy atom. The van der Waals surface area contributed by atoms with Crippen molar-refractivity contribution in [2.24, 2.45) is 5.92 Å². The lowest BCUT2D eigenvalue weighted by Gasteiger charge is -2.28. The van der Waals surface area contributed by atoms with Crippen LogP contribution in [0.15, 0.2) is 46.9 Å². The molecule has 0 saturated heterocycles. The Kier molecular flexibility index (Phi) is 15.9. The second-order valence-corrected chi connectivity index (χ2v) is 12.7. The average molecular weight is 632 g/mol. The molecule has 1 fully saturated rings. The van der Waals surface area contributed by atoms with Crippen LogP contribution in [0.5, 0.6) is 5.75 Å². The molecule has 5 heteroatoms. The fourth-order valence-electron chi connectivity index (χ4n) is 5.73. The summed E-state index contributed by atoms with van der Waals surface area (Å²) in [5, 5.41) is 0. The van der Waals surface area contributed by atoms with E-state index in [-0.39, 0.29) is 12.5 Å². The van der Waals surface area contributed by atoms with Gasteiger partial charge in [0.1, 0.15) is 11.9 Å². The maximum Gasteiger partial charge on any atom is 0.340 e. The van der Waals surface area contributed by atoms with Gasteiger partial charge in [-0.05, 0) is 102 Å². The van der Waals surface area contributed by atoms with Crippen molar-refractivity contribution in [1.82, 2.24) is 0 Å². The Morgan fingerprint density at radius 1 is 0.854 bits per heavy atom. The lowest BCUT2D eigenvalue weighted by molar-refractivity contribution is -0.157. The summed E-state index contributed by atoms with van der Waals surface area (Å²) in [5.74, 6) is 0.897. The smallest absolute Gasteiger partial charge is 0.340 e. The van der Waals surface area contributed by atoms with Gasteiger partial charge in [-0.1, -0.05) is 102 Å². The van der Waals surface area contributed by atoms with Crippen LogP contribution in [0.25, 0.3) is 11.1 Å². The Hall–Kier alpha value is -1.88. The van der Waals surface area contributed by atoms with Crippen molar-refractivity contribution in [3.8, 4) is 16.9 Å². The van der Waals surface area contributed by atoms with Gasteiger partial charge in [-0.3, -0.25) is 0 Å². The molecule has 1 saturated carbocycles. The molecule has 0 heterocycles. The number of rotatable bonds is 19. The van der Waals surface area contributed by atoms with Crippen LogP contribution in [0, 0.1) is 5.92 Å². The quantitative estimate of drug-likeness (QED) is 0.114. The van der Waals surface area contributed by atoms with Gasteiger partial charge in [0.05, 0.1) is 11.1 Å². The van der Waals surface area contributed by atoms with Crippen molar-refractivity contribution in [2.75, 3.05) is 6.61 Å². The Labute approximate surface area is 257 Å². The maximum absolute atomic E-state index is 13.9. The molecule has 0 spiro atoms. The highest BCUT2D eigenvalue weighted by Crippen LogP contribution is 2.33. The van der Waals surface area contributed by atoms with Crippen LogP contribution in [0.4, 0.5) is 4.39 Å². The molecule has 0 amide bonds. The number of benzene rings is 2. The first-order valence-electron chi connectivity index (χ1n) is 16.4. The van der Waals surface area contributed by atoms with Crippen LogP contribution in [0.1, 0.15) is 122 Å². The molecule has 1 atom stereocenters. The molecule has 228 valence electrons. The van der Waals surface area contributed by atoms with Crippen LogP contribution in [0.2, 0.25) is 0 Å². The molecule has 0 aliphatic heterocycles. The van der Waals surface area contributed by atoms with E-state index in [1.807, 2.05) is 6.92 Å². The van der Waals surface area contributed by atoms with Crippen molar-refractivity contribution >= 4 is 21.9 Å². The average Bonchev–Trinajstić information content (AvgIpc) is 2.99. The highest BCUT2D eigenvalue weighted by molar-refractivity contribution is 9.10. The van der Waals surface area contributed by atoms with Gasteiger partial charge in [-0.2, -0.15) is 0 Å². The number of carbonyl (C=O) groups is 1. The third-order valence-electron chi connectivity index (χ3n) is 8.46. The molecule has 2 aromatic rings. The molecular weight excluding hydrogens is 579 g/mol. The lowest BCUT2D eigenvalue weighted by Crippen LogP contribution is -2.29. The third-order valence-corrected chi connectivity index (χ3v) is 9.08. The van der Waals surface area contributed by atoms with E-state index in [0.29, 0.717) is 5.92 Å². The Bertz CT molecular complexity index is 1000. The second-order valence-electron chi connectivity index (χ2n) is 11.9. The minimum atomic E-state index is -1.47. The van der Waals surface area contributed by atoms with Crippen LogP contribution < -0.4 is 4.74 Å². The molecule has 1 aliphatic rings. The topological polar surface area (TPSA) is 35.5 Å². The van der Waals surface area contributed by atoms with Gasteiger partial charge in [0, 0.05) is 0 Å². The number of aryl methyl sites for hydroxylation is 1. The zero-order valence-electron chi connectivity index (χ0n) is 25.5. The Balaban J connectivity index is 1.34. The molecule has 2 aromatic carbocycles. The number of halogens is 2. The van der Waals surface area contributed by atoms with E-state index in [1.165, 1.54) is 61.6 Å². The minimum Gasteiger partial charge on any atom is -0.492 e. The number of alkyl halides is 1. The third kappa shape index (κ3) is 12.5. The van der Waals surface area contributed by atoms with Gasteiger partial charge >= 0.3 is 5.97 Å². The number of unbranched alkanes of at least 4 members (excludes halogenated alkanes) is 8. The molecule has 1 aliphatic carbocycles. The van der Waals surface area contributed by atoms with Crippen molar-refractivity contribution in [3.63, 3.8) is 0 Å². The number of ether oxygens (including phenoxy) is 2. The van der Waals surface area contributed by atoms with Gasteiger partial charge in [-0.25, -0.2) is 9.18 Å². The fraction of sp³-hybridized carbons (Fsp3) is 0.639. The molecule has 0 radical (unpaired) electrons. The number of carbonyl (C=O) groups excluding carboxylic acids is 1. The first kappa shape index (κ1) is 33.6. The van der Waals surface area contributed by atoms with Crippen molar-refractivity contribution in [2.45, 2.75) is 135 Å². The summed E-state index contributed by atoms with van der Waals surface area (Å²) in [6, 6.07) is 15.3. The number of hydrogen-bond acceptors (Lipinski definition) is 3. The van der Waals surface area contributed by atoms with Crippen molar-refractivity contribution in [3.05, 3.63) is 52.5 Å². The zero-order chi connectivity index (χ0) is 29.3. The molecule has 41 heavy (non-hydrogen) atoms. The largest absolute Gasteiger partial charge is 0.492 e. The van der Waals surface area contributed by atoms with Gasteiger partial charge in [0.15, 0.2) is 6.17 Å². The molecule has 0 bridgehead atoms. The molecule has 3 nitrogen and oxygen atoms in total. The van der Waals surface area contributed by atoms with Crippen LogP contribution >= 0.6 is 15.9 Å². The molecule has 0 unspecified atom stereocenters. The normalized spacial score (nSPS) is 17.8. The minimum absolute atomic E-state index is 0.112. The number of esters is 1. The molecule has 0 N–H and O–H groups in total. The summed E-state index contributed by atoms with van der Waals surface area (Å²) >= 11 is 3.71. The molecule has 3 rings (SSSR count). The van der Waals surface area contributed by atoms with Crippen LogP contribution in [0.3, 0.4) is 0 Å². The zero-order valence-corrected chi connectivity index (χ0v) is 27.1. The highest BCUT2D eigenvalue weighted by Gasteiger charge is 2.27. The molecular formula is C36H52BrFO3. The van der Waals surface area contributed by atoms with Crippen LogP contribution in [-0.4, -0.2) is 24.9 Å². The first-order valence-corrected chi connectivity index (χ1v) is 17.2. The first-order chi connectivity index (χ1) is 20.0. The SMILES string of the molecule is CCCCCCCCCCOc1ccc(-c2ccc(CCC3CCC(OC(=O)[C@@H](F)CCCC)CC3)cc2)cc1Br. The highest BCUT2D eigenvalue weighted by atomic mass is 79.9. The predicted octanol–water partition coefficient (Wildman–Crippen LogP) is 11.2. The van der Waals surface area contributed by atoms with Gasteiger partial charge in [0.25, 0.3) is 0 Å². The van der Waals surface area contributed by atoms with E-state index >= 15 is 0 Å². The van der Waals surface area contributed by atoms with E-state index in [2.05, 4.69) is 65.3 Å². The van der Waals surface area contributed by atoms with Gasteiger partial charge in [0.2, 0.25) is 0 Å². The van der Waals surface area contributed by atoms with E-state index in [9.17, 15) is 9.18 Å². The number of hydrogen-bond donors (Lipinski definition) is 0. The predicted molar refractivity (Wildman–Crippen MR) is 172 cm³/mol. The summed E-state index contributed by atoms with van der Waals surface area (Å²) in [4.78, 5) is 12.0. The summed E-state index contributed by atoms with van der Waals surface area (Å²) < 4.78 is 26.4. The summed E-state index contributed by atoms with van der Waals surface area (Å²) in [7, 11) is 0. The van der Waals surface area contributed by atoms with E-state index in [4.69, 9.17) is 9.47 Å². The molecule has 0 aromatic heterocycles. The van der Waals surface area contributed by atoms with E-state index in [1.54, 1.807) is 0 Å². The fourth-order valence-corrected chi connectivity index (χ4v) is 6.22. The van der Waals surface area contributed by atoms with Crippen molar-refractivity contribution < 1.29 is 18.7 Å². The Morgan fingerprint density at radius 2 is 1.49 bits per heavy atom. The van der Waals surface area contributed by atoms with Crippen molar-refractivity contribution in [1.29, 1.82) is 0 Å². The van der Waals surface area contributed by atoms with E-state index < -0.39 is 12.1 Å². The summed E-state index contributed by atoms with van der Waals surface area (Å²) in [6.45, 7) is 5.03. The maximum atomic E-state index is 13.9. The van der Waals surface area contributed by atoms with E-state index in [0.717, 1.165) is 74.6 Å². The van der Waals surface area contributed by atoms with Crippen LogP contribution in [-0.2, 0) is 16.0 Å². The summed E-state index contributed by atoms with van der Waals surface area (Å²) in [6.07, 6.45) is 16.7. The lowest BCUT2D eigenvalue weighted by atomic mass is 9.83. The van der Waals surface area contributed by atoms with Gasteiger partial charge < -0.3 is 9.47 Å². The second kappa shape index (κ2) is 19.3.